The van der Waals surface area contributed by atoms with Crippen molar-refractivity contribution in [2.45, 2.75) is 206 Å². The molecule has 1 unspecified atom stereocenters. The van der Waals surface area contributed by atoms with E-state index in [2.05, 4.69) is 57.9 Å². The lowest BCUT2D eigenvalue weighted by atomic mass is 9.86. The molecule has 0 spiro atoms. The summed E-state index contributed by atoms with van der Waals surface area (Å²) in [5, 5.41) is 156. The number of hydrogen-bond acceptors (Lipinski definition) is 33. The van der Waals surface area contributed by atoms with Crippen LogP contribution >= 0.6 is 23.2 Å². The highest BCUT2D eigenvalue weighted by atomic mass is 35.5. The molecular formula is C92H108Cl2F3N13O29. The molecule has 139 heavy (non-hydrogen) atoms. The van der Waals surface area contributed by atoms with Gasteiger partial charge in [-0.05, 0) is 179 Å². The highest BCUT2D eigenvalue weighted by Crippen LogP contribution is 2.51. The second-order valence-electron chi connectivity index (χ2n) is 35.3. The van der Waals surface area contributed by atoms with E-state index in [1.165, 1.54) is 63.4 Å². The highest BCUT2D eigenvalue weighted by molar-refractivity contribution is 6.32. The van der Waals surface area contributed by atoms with Crippen molar-refractivity contribution in [3.63, 3.8) is 0 Å². The Balaban J connectivity index is 0.938. The molecule has 8 aliphatic heterocycles. The second-order valence-corrected chi connectivity index (χ2v) is 36.1. The van der Waals surface area contributed by atoms with Crippen LogP contribution in [-0.2, 0) is 68.6 Å². The van der Waals surface area contributed by atoms with Gasteiger partial charge in [0.05, 0.1) is 41.3 Å². The Labute approximate surface area is 801 Å². The van der Waals surface area contributed by atoms with Gasteiger partial charge in [-0.25, -0.2) is 0 Å². The summed E-state index contributed by atoms with van der Waals surface area (Å²) in [4.78, 5) is 138. The molecule has 15 rings (SSSR count). The van der Waals surface area contributed by atoms with E-state index in [4.69, 9.17) is 72.6 Å². The standard InChI is InChI=1S/C92H108Cl2F3N13O29/c1-38(2)23-53(100-5)82(124)108-69-71(116)42-16-19-57(51(93)27-42)132-59-29-45-30-60(78(59)137-90-76(121)74(119)79(62(37-111)135-90)138-89-75(120)73(118)72(117)61(134-89)36-101-35-40-11-8-13-46(24-40)103-81(123)44-12-9-14-48(25-44)139-92(95,96)97)133-58-20-17-43(28-52(58)94)77(136-64-34-91(4,99)80(122)39(3)131-64)70-88(130)107-68(84(126)102-21-10-22-110(6)7)50-31-47(112)32-56(114)65(50)49-26-41(15-18-55(49)113)66(85(127)109-70)106-86(128)67(45)105-83(125)54(33-63(98)115)104-87(69)129/h8-9,11-20,24-32,38-39,53-54,61-62,64,66-77,79-80,89-90,100-101,111-114,116-122H,10,21-23,33-37,99H2,1-7H3,(H2,98,115)(H,102,126)(H,103,123)(H,104,129)(H,105,125)(H,106,128)(H,107,130)(H,108,124)(H,109,127)/t39-,53+,54-,61+,62+,64-,66-,67+,68-,69?,70-,71+,72-,73-,74+,75+,76+,77+,79+,80-,89-,90-,91-/m0/s1. The molecule has 750 valence electrons. The third kappa shape index (κ3) is 24.7. The first kappa shape index (κ1) is 104. The van der Waals surface area contributed by atoms with Crippen LogP contribution in [0.25, 0.3) is 11.1 Å². The van der Waals surface area contributed by atoms with E-state index in [-0.39, 0.29) is 71.9 Å². The first-order valence-corrected chi connectivity index (χ1v) is 44.8. The summed E-state index contributed by atoms with van der Waals surface area (Å²) < 4.78 is 94.6. The predicted octanol–water partition coefficient (Wildman–Crippen LogP) is 1.86. The number of carbonyl (C=O) groups excluding carboxylic acids is 9. The van der Waals surface area contributed by atoms with Crippen LogP contribution < -0.4 is 83.6 Å². The van der Waals surface area contributed by atoms with Crippen molar-refractivity contribution < 1.29 is 155 Å². The molecule has 0 radical (unpaired) electrons. The van der Waals surface area contributed by atoms with Gasteiger partial charge in [-0.3, -0.25) is 43.2 Å². The number of aromatic hydroxyl groups is 3. The van der Waals surface area contributed by atoms with Gasteiger partial charge in [0.1, 0.15) is 132 Å². The lowest BCUT2D eigenvalue weighted by molar-refractivity contribution is -0.350. The second kappa shape index (κ2) is 44.3. The minimum absolute atomic E-state index is 0.0503. The number of aliphatic hydroxyl groups excluding tert-OH is 8. The van der Waals surface area contributed by atoms with E-state index in [0.29, 0.717) is 18.5 Å². The van der Waals surface area contributed by atoms with Gasteiger partial charge in [0.2, 0.25) is 59.3 Å². The average molecular weight is 1990 g/mol. The number of fused-ring (bicyclic) bond motifs is 15. The van der Waals surface area contributed by atoms with Crippen LogP contribution in [0.5, 0.6) is 51.7 Å². The fourth-order valence-corrected chi connectivity index (χ4v) is 17.3. The summed E-state index contributed by atoms with van der Waals surface area (Å²) in [6, 6.07) is 10.1. The van der Waals surface area contributed by atoms with Crippen molar-refractivity contribution in [3.8, 4) is 62.9 Å². The third-order valence-electron chi connectivity index (χ3n) is 24.0. The maximum Gasteiger partial charge on any atom is 0.573 e. The fraction of sp³-hybridized carbons (Fsp3) is 0.446. The van der Waals surface area contributed by atoms with Gasteiger partial charge in [0.15, 0.2) is 24.1 Å². The molecule has 3 fully saturated rings. The van der Waals surface area contributed by atoms with Crippen LogP contribution in [0.1, 0.15) is 127 Å². The quantitative estimate of drug-likeness (QED) is 0.0344. The summed E-state index contributed by atoms with van der Waals surface area (Å²) in [5.74, 6) is -17.1. The minimum atomic E-state index is -5.03. The van der Waals surface area contributed by atoms with Crippen molar-refractivity contribution >= 4 is 82.1 Å². The molecule has 25 N–H and O–H groups in total. The number of likely N-dealkylation sites (N-methyl/N-ethyl adjacent to an activating group) is 1. The van der Waals surface area contributed by atoms with Gasteiger partial charge < -0.3 is 168 Å². The summed E-state index contributed by atoms with van der Waals surface area (Å²) in [7, 11) is 5.01. The molecular weight excluding hydrogens is 1880 g/mol. The van der Waals surface area contributed by atoms with E-state index < -0.39 is 291 Å². The molecule has 8 aliphatic rings. The number of primary amides is 1. The molecule has 0 saturated carbocycles. The number of phenolic OH excluding ortho intramolecular Hbond substituents is 3. The molecule has 3 saturated heterocycles. The molecule has 0 aliphatic carbocycles. The predicted molar refractivity (Wildman–Crippen MR) is 483 cm³/mol. The Morgan fingerprint density at radius 2 is 1.32 bits per heavy atom. The van der Waals surface area contributed by atoms with Crippen LogP contribution in [-0.4, -0.2) is 278 Å². The Kier molecular flexibility index (Phi) is 33.2. The van der Waals surface area contributed by atoms with E-state index in [1.807, 2.05) is 4.90 Å². The van der Waals surface area contributed by atoms with Gasteiger partial charge in [0.25, 0.3) is 5.91 Å². The van der Waals surface area contributed by atoms with Crippen molar-refractivity contribution in [2.24, 2.45) is 17.4 Å². The van der Waals surface area contributed by atoms with Crippen molar-refractivity contribution in [1.29, 1.82) is 0 Å². The molecule has 42 nitrogen and oxygen atoms in total. The van der Waals surface area contributed by atoms with E-state index in [1.54, 1.807) is 40.1 Å². The number of hydrogen-bond donors (Lipinski definition) is 23. The summed E-state index contributed by atoms with van der Waals surface area (Å²) >= 11 is 14.6. The number of halogens is 5. The zero-order chi connectivity index (χ0) is 101. The van der Waals surface area contributed by atoms with Gasteiger partial charge in [-0.1, -0.05) is 73.4 Å². The number of nitrogens with one attached hydrogen (secondary N) is 10. The number of ether oxygens (including phenoxy) is 9. The topological polar surface area (TPSA) is 635 Å². The number of phenols is 3. The van der Waals surface area contributed by atoms with E-state index in [0.717, 1.165) is 72.8 Å². The van der Waals surface area contributed by atoms with Crippen LogP contribution in [0.3, 0.4) is 0 Å². The smallest absolute Gasteiger partial charge is 0.508 e. The lowest BCUT2D eigenvalue weighted by Crippen LogP contribution is -2.65. The van der Waals surface area contributed by atoms with E-state index >= 15 is 28.8 Å². The Morgan fingerprint density at radius 1 is 0.676 bits per heavy atom. The first-order chi connectivity index (χ1) is 65.7. The van der Waals surface area contributed by atoms with Crippen LogP contribution in [0, 0.1) is 5.92 Å². The first-order valence-electron chi connectivity index (χ1n) is 44.0. The SMILES string of the molecule is CN[C@H](CC(C)C)C(=O)NC1C(=O)N[C@@H](CC(N)=O)C(=O)N[C@H]2C(=O)N[C@@H]3C(=O)N[C@H](C(=O)N[C@H](C(=O)NCCCN(C)C)c4cc(O)cc(O)c4-c4cc3ccc4O)[C@H](O[C@H]3C[C@](C)(N)[C@@H](O)[C@H](C)O3)c3ccc(c(Cl)c3)Oc3cc2cc(c3O[C@@H]2O[C@H](CO)[C@@H](O[C@@H]3O[C@H](CNCc4cccc(NC(=O)c5cccc(OC(F)(F)F)c5)c4)[C@H](O)[C@H](O)[C@H]3O)[C@H](O)[C@H]2O)Oc2ccc(cc2Cl)[C@H]1O. The fourth-order valence-electron chi connectivity index (χ4n) is 16.9. The Hall–Kier alpha value is -11.9. The van der Waals surface area contributed by atoms with Gasteiger partial charge >= 0.3 is 6.36 Å². The zero-order valence-corrected chi connectivity index (χ0v) is 77.0. The monoisotopic (exact) mass is 1990 g/mol. The molecule has 23 atom stereocenters. The molecule has 11 bridgehead atoms. The molecule has 9 amide bonds. The summed E-state index contributed by atoms with van der Waals surface area (Å²) in [6.45, 7) is 5.36. The van der Waals surface area contributed by atoms with Gasteiger partial charge in [0, 0.05) is 60.0 Å². The lowest BCUT2D eigenvalue weighted by Gasteiger charge is -2.46. The minimum Gasteiger partial charge on any atom is -0.508 e. The van der Waals surface area contributed by atoms with Crippen molar-refractivity contribution in [3.05, 3.63) is 176 Å². The summed E-state index contributed by atoms with van der Waals surface area (Å²) in [5.41, 5.74) is 9.01. The molecule has 47 heteroatoms. The number of amides is 9. The number of benzene rings is 7. The molecule has 0 aromatic heterocycles. The average Bonchev–Trinajstić information content (AvgIpc) is 0.760. The van der Waals surface area contributed by atoms with E-state index in [9.17, 15) is 83.7 Å². The molecule has 7 aromatic carbocycles. The molecule has 7 aromatic rings. The van der Waals surface area contributed by atoms with Crippen molar-refractivity contribution in [1.82, 2.24) is 52.8 Å². The number of nitrogens with two attached hydrogens (primary N) is 2. The largest absolute Gasteiger partial charge is 0.573 e. The zero-order valence-electron chi connectivity index (χ0n) is 75.5. The highest BCUT2D eigenvalue weighted by Gasteiger charge is 2.54. The number of rotatable bonds is 26. The van der Waals surface area contributed by atoms with Crippen LogP contribution in [0.4, 0.5) is 18.9 Å². The Morgan fingerprint density at radius 3 is 1.98 bits per heavy atom. The number of aliphatic hydroxyl groups is 8. The molecule has 8 heterocycles. The van der Waals surface area contributed by atoms with Gasteiger partial charge in [-0.15, -0.1) is 13.2 Å². The van der Waals surface area contributed by atoms with Gasteiger partial charge in [-0.2, -0.15) is 0 Å². The number of nitrogens with zero attached hydrogens (tertiary/aromatic N) is 1. The number of carbonyl (C=O) groups is 9. The normalized spacial score (nSPS) is 28.0. The third-order valence-corrected chi connectivity index (χ3v) is 24.6. The van der Waals surface area contributed by atoms with Crippen LogP contribution in [0.2, 0.25) is 10.0 Å². The number of alkyl halides is 3. The summed E-state index contributed by atoms with van der Waals surface area (Å²) in [6.07, 6.45) is -34.8. The maximum absolute atomic E-state index is 16.6. The van der Waals surface area contributed by atoms with Crippen molar-refractivity contribution in [2.75, 3.05) is 52.7 Å². The maximum atomic E-state index is 16.6. The Bertz CT molecular complexity index is 5720. The number of anilines is 1. The van der Waals surface area contributed by atoms with Crippen LogP contribution in [0.15, 0.2) is 127 Å².